The number of ether oxygens (including phenoxy) is 1. The number of nitrogens with zero attached hydrogens (tertiary/aromatic N) is 2. The van der Waals surface area contributed by atoms with Crippen molar-refractivity contribution in [1.82, 2.24) is 0 Å². The van der Waals surface area contributed by atoms with Gasteiger partial charge in [0.1, 0.15) is 11.8 Å². The number of halogens is 1. The topological polar surface area (TPSA) is 102 Å². The molecule has 0 radical (unpaired) electrons. The summed E-state index contributed by atoms with van der Waals surface area (Å²) in [5.74, 6) is 0.238. The van der Waals surface area contributed by atoms with Gasteiger partial charge in [0.2, 0.25) is 5.75 Å². The van der Waals surface area contributed by atoms with Crippen LogP contribution in [-0.2, 0) is 6.54 Å². The van der Waals surface area contributed by atoms with Crippen LogP contribution in [-0.4, -0.2) is 4.92 Å². The SMILES string of the molecule is N#Cc1cc(CN)ccc1Oc1ccc(Cl)cc1[N+](=O)[O-]. The Bertz CT molecular complexity index is 741. The van der Waals surface area contributed by atoms with Crippen LogP contribution in [0, 0.1) is 21.4 Å². The van der Waals surface area contributed by atoms with Gasteiger partial charge in [-0.05, 0) is 29.8 Å². The van der Waals surface area contributed by atoms with Crippen LogP contribution < -0.4 is 10.5 Å². The van der Waals surface area contributed by atoms with Crippen LogP contribution in [0.2, 0.25) is 5.02 Å². The summed E-state index contributed by atoms with van der Waals surface area (Å²) in [5.41, 5.74) is 6.25. The maximum absolute atomic E-state index is 11.0. The summed E-state index contributed by atoms with van der Waals surface area (Å²) in [6.45, 7) is 0.288. The average Bonchev–Trinajstić information content (AvgIpc) is 2.49. The minimum Gasteiger partial charge on any atom is -0.449 e. The third-order valence-corrected chi connectivity index (χ3v) is 2.97. The first-order valence-corrected chi connectivity index (χ1v) is 6.28. The second kappa shape index (κ2) is 6.22. The average molecular weight is 304 g/mol. The highest BCUT2D eigenvalue weighted by atomic mass is 35.5. The van der Waals surface area contributed by atoms with Gasteiger partial charge in [-0.1, -0.05) is 17.7 Å². The van der Waals surface area contributed by atoms with Crippen LogP contribution in [0.3, 0.4) is 0 Å². The largest absolute Gasteiger partial charge is 0.449 e. The van der Waals surface area contributed by atoms with Crippen LogP contribution in [0.15, 0.2) is 36.4 Å². The van der Waals surface area contributed by atoms with Gasteiger partial charge in [0.15, 0.2) is 0 Å². The summed E-state index contributed by atoms with van der Waals surface area (Å²) >= 11 is 5.74. The molecule has 0 aromatic heterocycles. The molecule has 0 fully saturated rings. The molecule has 0 atom stereocenters. The second-order valence-corrected chi connectivity index (χ2v) is 4.55. The lowest BCUT2D eigenvalue weighted by Crippen LogP contribution is -1.98. The molecule has 0 bridgehead atoms. The van der Waals surface area contributed by atoms with Crippen LogP contribution in [0.4, 0.5) is 5.69 Å². The van der Waals surface area contributed by atoms with Crippen molar-refractivity contribution in [2.75, 3.05) is 0 Å². The second-order valence-electron chi connectivity index (χ2n) is 4.12. The Morgan fingerprint density at radius 2 is 2.00 bits per heavy atom. The molecule has 0 saturated carbocycles. The number of nitriles is 1. The first-order valence-electron chi connectivity index (χ1n) is 5.90. The Balaban J connectivity index is 2.43. The van der Waals surface area contributed by atoms with Crippen LogP contribution in [0.25, 0.3) is 0 Å². The molecule has 0 saturated heterocycles. The Labute approximate surface area is 125 Å². The Hall–Kier alpha value is -2.62. The molecule has 0 aliphatic heterocycles. The fraction of sp³-hybridized carbons (Fsp3) is 0.0714. The normalized spacial score (nSPS) is 9.95. The molecule has 0 spiro atoms. The van der Waals surface area contributed by atoms with Crippen molar-refractivity contribution in [1.29, 1.82) is 5.26 Å². The lowest BCUT2D eigenvalue weighted by Gasteiger charge is -2.09. The highest BCUT2D eigenvalue weighted by Crippen LogP contribution is 2.34. The fourth-order valence-corrected chi connectivity index (χ4v) is 1.88. The van der Waals surface area contributed by atoms with Gasteiger partial charge in [-0.25, -0.2) is 0 Å². The summed E-state index contributed by atoms with van der Waals surface area (Å²) in [6.07, 6.45) is 0. The van der Waals surface area contributed by atoms with Gasteiger partial charge in [0.25, 0.3) is 0 Å². The van der Waals surface area contributed by atoms with Gasteiger partial charge in [0.05, 0.1) is 10.5 Å². The Morgan fingerprint density at radius 3 is 2.62 bits per heavy atom. The van der Waals surface area contributed by atoms with Crippen molar-refractivity contribution < 1.29 is 9.66 Å². The standard InChI is InChI=1S/C14H10ClN3O3/c15-11-2-4-14(12(6-11)18(19)20)21-13-3-1-9(7-16)5-10(13)8-17/h1-6H,7,16H2. The van der Waals surface area contributed by atoms with E-state index in [9.17, 15) is 10.1 Å². The number of nitrogens with two attached hydrogens (primary N) is 1. The van der Waals surface area contributed by atoms with Gasteiger partial charge < -0.3 is 10.5 Å². The maximum atomic E-state index is 11.0. The van der Waals surface area contributed by atoms with Crippen LogP contribution in [0.1, 0.15) is 11.1 Å². The zero-order valence-corrected chi connectivity index (χ0v) is 11.5. The lowest BCUT2D eigenvalue weighted by atomic mass is 10.1. The maximum Gasteiger partial charge on any atom is 0.313 e. The molecule has 0 unspecified atom stereocenters. The summed E-state index contributed by atoms with van der Waals surface area (Å²) in [7, 11) is 0. The molecular formula is C14H10ClN3O3. The highest BCUT2D eigenvalue weighted by molar-refractivity contribution is 6.30. The molecule has 2 N–H and O–H groups in total. The highest BCUT2D eigenvalue weighted by Gasteiger charge is 2.17. The van der Waals surface area contributed by atoms with Gasteiger partial charge in [-0.3, -0.25) is 10.1 Å². The van der Waals surface area contributed by atoms with E-state index in [2.05, 4.69) is 0 Å². The van der Waals surface area contributed by atoms with Crippen molar-refractivity contribution in [2.24, 2.45) is 5.73 Å². The number of nitro benzene ring substituents is 1. The molecule has 0 aliphatic carbocycles. The van der Waals surface area contributed by atoms with E-state index >= 15 is 0 Å². The molecule has 106 valence electrons. The quantitative estimate of drug-likeness (QED) is 0.689. The van der Waals surface area contributed by atoms with E-state index in [0.717, 1.165) is 5.56 Å². The molecule has 2 aromatic carbocycles. The van der Waals surface area contributed by atoms with E-state index < -0.39 is 4.92 Å². The van der Waals surface area contributed by atoms with Crippen LogP contribution >= 0.6 is 11.6 Å². The molecule has 2 aromatic rings. The zero-order chi connectivity index (χ0) is 15.4. The number of nitro groups is 1. The molecular weight excluding hydrogens is 294 g/mol. The molecule has 0 amide bonds. The number of hydrogen-bond acceptors (Lipinski definition) is 5. The molecule has 2 rings (SSSR count). The number of rotatable bonds is 4. The number of hydrogen-bond donors (Lipinski definition) is 1. The van der Waals surface area contributed by atoms with Crippen molar-refractivity contribution in [3.05, 3.63) is 62.7 Å². The van der Waals surface area contributed by atoms with Crippen LogP contribution in [0.5, 0.6) is 11.5 Å². The first-order chi connectivity index (χ1) is 10.0. The van der Waals surface area contributed by atoms with Gasteiger partial charge >= 0.3 is 5.69 Å². The molecule has 6 nitrogen and oxygen atoms in total. The van der Waals surface area contributed by atoms with Gasteiger partial charge in [0, 0.05) is 17.6 Å². The molecule has 7 heteroatoms. The van der Waals surface area contributed by atoms with Gasteiger partial charge in [-0.15, -0.1) is 0 Å². The summed E-state index contributed by atoms with van der Waals surface area (Å²) in [5, 5.41) is 20.3. The summed E-state index contributed by atoms with van der Waals surface area (Å²) < 4.78 is 5.48. The van der Waals surface area contributed by atoms with Crippen molar-refractivity contribution in [2.45, 2.75) is 6.54 Å². The zero-order valence-electron chi connectivity index (χ0n) is 10.7. The van der Waals surface area contributed by atoms with E-state index in [0.29, 0.717) is 0 Å². The Kier molecular flexibility index (Phi) is 4.38. The minimum atomic E-state index is -0.596. The van der Waals surface area contributed by atoms with E-state index in [4.69, 9.17) is 27.3 Å². The Morgan fingerprint density at radius 1 is 1.29 bits per heavy atom. The van der Waals surface area contributed by atoms with E-state index in [1.54, 1.807) is 18.2 Å². The summed E-state index contributed by atoms with van der Waals surface area (Å²) in [4.78, 5) is 10.4. The lowest BCUT2D eigenvalue weighted by molar-refractivity contribution is -0.385. The van der Waals surface area contributed by atoms with Crippen molar-refractivity contribution in [3.63, 3.8) is 0 Å². The molecule has 0 heterocycles. The smallest absolute Gasteiger partial charge is 0.313 e. The van der Waals surface area contributed by atoms with Crippen molar-refractivity contribution in [3.8, 4) is 17.6 Å². The predicted octanol–water partition coefficient (Wildman–Crippen LogP) is 3.37. The van der Waals surface area contributed by atoms with E-state index in [1.807, 2.05) is 6.07 Å². The van der Waals surface area contributed by atoms with Crippen molar-refractivity contribution >= 4 is 17.3 Å². The third-order valence-electron chi connectivity index (χ3n) is 2.74. The van der Waals surface area contributed by atoms with Gasteiger partial charge in [-0.2, -0.15) is 5.26 Å². The number of benzene rings is 2. The minimum absolute atomic E-state index is 0.0152. The van der Waals surface area contributed by atoms with E-state index in [-0.39, 0.29) is 34.3 Å². The summed E-state index contributed by atoms with van der Waals surface area (Å²) in [6, 6.07) is 10.9. The molecule has 0 aliphatic rings. The predicted molar refractivity (Wildman–Crippen MR) is 77.2 cm³/mol. The first kappa shape index (κ1) is 14.8. The monoisotopic (exact) mass is 303 g/mol. The molecule has 21 heavy (non-hydrogen) atoms. The third kappa shape index (κ3) is 3.28. The fourth-order valence-electron chi connectivity index (χ4n) is 1.72. The van der Waals surface area contributed by atoms with E-state index in [1.165, 1.54) is 18.2 Å².